The van der Waals surface area contributed by atoms with Crippen molar-refractivity contribution in [3.8, 4) is 0 Å². The minimum atomic E-state index is -0.491. The van der Waals surface area contributed by atoms with Gasteiger partial charge in [0.05, 0.1) is 0 Å². The van der Waals surface area contributed by atoms with Crippen LogP contribution in [-0.2, 0) is 0 Å². The molecule has 0 radical (unpaired) electrons. The van der Waals surface area contributed by atoms with Crippen molar-refractivity contribution in [3.63, 3.8) is 0 Å². The van der Waals surface area contributed by atoms with Crippen molar-refractivity contribution in [2.75, 3.05) is 0 Å². The summed E-state index contributed by atoms with van der Waals surface area (Å²) in [6.07, 6.45) is 0. The van der Waals surface area contributed by atoms with Crippen LogP contribution in [0.5, 0.6) is 0 Å². The van der Waals surface area contributed by atoms with Crippen LogP contribution in [0.15, 0.2) is 42.5 Å². The molecule has 0 spiro atoms. The van der Waals surface area contributed by atoms with E-state index in [9.17, 15) is 8.78 Å². The minimum absolute atomic E-state index is 0.0810. The molecule has 0 amide bonds. The summed E-state index contributed by atoms with van der Waals surface area (Å²) in [5.74, 6) is -0.981. The van der Waals surface area contributed by atoms with Gasteiger partial charge in [-0.1, -0.05) is 58.0 Å². The molecule has 0 unspecified atom stereocenters. The van der Waals surface area contributed by atoms with Gasteiger partial charge < -0.3 is 0 Å². The van der Waals surface area contributed by atoms with Gasteiger partial charge >= 0.3 is 0 Å². The minimum Gasteiger partial charge on any atom is -0.207 e. The van der Waals surface area contributed by atoms with Gasteiger partial charge in [-0.05, 0) is 44.0 Å². The summed E-state index contributed by atoms with van der Waals surface area (Å²) in [5.41, 5.74) is 2.82. The Morgan fingerprint density at radius 1 is 0.571 bits per heavy atom. The average molecular weight is 294 g/mol. The fraction of sp³-hybridized carbons (Fsp3) is 0.368. The molecule has 0 bridgehead atoms. The Labute approximate surface area is 128 Å². The molecular weight excluding hydrogens is 266 g/mol. The van der Waals surface area contributed by atoms with Crippen molar-refractivity contribution in [1.29, 1.82) is 0 Å². The third-order valence-corrected chi connectivity index (χ3v) is 2.63. The van der Waals surface area contributed by atoms with E-state index < -0.39 is 11.6 Å². The SMILES string of the molecule is CC.CC.Cc1c(F)cccc1F.Cc1ccccc1C. The van der Waals surface area contributed by atoms with Gasteiger partial charge in [-0.25, -0.2) is 8.78 Å². The van der Waals surface area contributed by atoms with E-state index in [1.54, 1.807) is 0 Å². The van der Waals surface area contributed by atoms with E-state index in [4.69, 9.17) is 0 Å². The van der Waals surface area contributed by atoms with Crippen LogP contribution in [0.1, 0.15) is 44.4 Å². The highest BCUT2D eigenvalue weighted by atomic mass is 19.1. The molecule has 0 heterocycles. The summed E-state index contributed by atoms with van der Waals surface area (Å²) in [4.78, 5) is 0. The molecule has 0 aliphatic heterocycles. The van der Waals surface area contributed by atoms with Crippen molar-refractivity contribution in [3.05, 3.63) is 70.8 Å². The number of rotatable bonds is 0. The van der Waals surface area contributed by atoms with Gasteiger partial charge in [0.2, 0.25) is 0 Å². The number of aryl methyl sites for hydroxylation is 2. The van der Waals surface area contributed by atoms with E-state index in [0.29, 0.717) is 0 Å². The van der Waals surface area contributed by atoms with Crippen LogP contribution < -0.4 is 0 Å². The molecule has 0 N–H and O–H groups in total. The van der Waals surface area contributed by atoms with Crippen LogP contribution in [0.4, 0.5) is 8.78 Å². The molecular formula is C19H28F2. The zero-order chi connectivity index (χ0) is 16.8. The fourth-order valence-electron chi connectivity index (χ4n) is 1.24. The first-order valence-electron chi connectivity index (χ1n) is 7.45. The zero-order valence-corrected chi connectivity index (χ0v) is 14.3. The van der Waals surface area contributed by atoms with Gasteiger partial charge in [0.25, 0.3) is 0 Å². The van der Waals surface area contributed by atoms with Crippen molar-refractivity contribution in [1.82, 2.24) is 0 Å². The summed E-state index contributed by atoms with van der Waals surface area (Å²) < 4.78 is 24.7. The highest BCUT2D eigenvalue weighted by molar-refractivity contribution is 5.23. The maximum atomic E-state index is 12.3. The Kier molecular flexibility index (Phi) is 13.7. The lowest BCUT2D eigenvalue weighted by atomic mass is 10.1. The summed E-state index contributed by atoms with van der Waals surface area (Å²) in [6, 6.07) is 12.2. The Balaban J connectivity index is 0. The second-order valence-electron chi connectivity index (χ2n) is 3.93. The first-order chi connectivity index (χ1) is 10.0. The summed E-state index contributed by atoms with van der Waals surface area (Å²) >= 11 is 0. The Bertz CT molecular complexity index is 449. The maximum Gasteiger partial charge on any atom is 0.129 e. The molecule has 21 heavy (non-hydrogen) atoms. The van der Waals surface area contributed by atoms with Gasteiger partial charge in [-0.3, -0.25) is 0 Å². The molecule has 2 heteroatoms. The van der Waals surface area contributed by atoms with Gasteiger partial charge in [-0.15, -0.1) is 0 Å². The monoisotopic (exact) mass is 294 g/mol. The number of halogens is 2. The molecule has 118 valence electrons. The van der Waals surface area contributed by atoms with E-state index >= 15 is 0 Å². The van der Waals surface area contributed by atoms with Gasteiger partial charge in [-0.2, -0.15) is 0 Å². The first kappa shape index (κ1) is 21.6. The third-order valence-electron chi connectivity index (χ3n) is 2.63. The van der Waals surface area contributed by atoms with Crippen LogP contribution in [-0.4, -0.2) is 0 Å². The highest BCUT2D eigenvalue weighted by Gasteiger charge is 1.99. The number of hydrogen-bond donors (Lipinski definition) is 0. The molecule has 2 aromatic rings. The quantitative estimate of drug-likeness (QED) is 0.511. The van der Waals surface area contributed by atoms with E-state index in [1.807, 2.05) is 27.7 Å². The number of benzene rings is 2. The van der Waals surface area contributed by atoms with Gasteiger partial charge in [0.15, 0.2) is 0 Å². The zero-order valence-electron chi connectivity index (χ0n) is 14.3. The predicted octanol–water partition coefficient (Wildman–Crippen LogP) is 6.63. The van der Waals surface area contributed by atoms with Crippen molar-refractivity contribution in [2.45, 2.75) is 48.5 Å². The topological polar surface area (TPSA) is 0 Å². The van der Waals surface area contributed by atoms with Crippen molar-refractivity contribution >= 4 is 0 Å². The second-order valence-corrected chi connectivity index (χ2v) is 3.93. The fourth-order valence-corrected chi connectivity index (χ4v) is 1.24. The van der Waals surface area contributed by atoms with Crippen molar-refractivity contribution < 1.29 is 8.78 Å². The Morgan fingerprint density at radius 2 is 0.905 bits per heavy atom. The first-order valence-corrected chi connectivity index (χ1v) is 7.45. The Hall–Kier alpha value is -1.70. The predicted molar refractivity (Wildman–Crippen MR) is 89.7 cm³/mol. The summed E-state index contributed by atoms with van der Waals surface area (Å²) in [6.45, 7) is 13.6. The molecule has 2 aromatic carbocycles. The summed E-state index contributed by atoms with van der Waals surface area (Å²) in [7, 11) is 0. The molecule has 0 saturated carbocycles. The van der Waals surface area contributed by atoms with Crippen LogP contribution in [0, 0.1) is 32.4 Å². The summed E-state index contributed by atoms with van der Waals surface area (Å²) in [5, 5.41) is 0. The van der Waals surface area contributed by atoms with E-state index in [0.717, 1.165) is 0 Å². The molecule has 0 aliphatic carbocycles. The highest BCUT2D eigenvalue weighted by Crippen LogP contribution is 2.08. The normalized spacial score (nSPS) is 8.24. The second kappa shape index (κ2) is 13.3. The molecule has 0 saturated heterocycles. The largest absolute Gasteiger partial charge is 0.207 e. The third kappa shape index (κ3) is 8.96. The molecule has 0 nitrogen and oxygen atoms in total. The number of hydrogen-bond acceptors (Lipinski definition) is 0. The van der Waals surface area contributed by atoms with Crippen LogP contribution in [0.2, 0.25) is 0 Å². The molecule has 0 atom stereocenters. The van der Waals surface area contributed by atoms with Gasteiger partial charge in [0, 0.05) is 5.56 Å². The van der Waals surface area contributed by atoms with Crippen molar-refractivity contribution in [2.24, 2.45) is 0 Å². The lowest BCUT2D eigenvalue weighted by Crippen LogP contribution is -1.85. The van der Waals surface area contributed by atoms with E-state index in [1.165, 1.54) is 36.2 Å². The van der Waals surface area contributed by atoms with E-state index in [-0.39, 0.29) is 5.56 Å². The molecule has 0 fully saturated rings. The lowest BCUT2D eigenvalue weighted by Gasteiger charge is -1.94. The van der Waals surface area contributed by atoms with Crippen LogP contribution in [0.3, 0.4) is 0 Å². The average Bonchev–Trinajstić information content (AvgIpc) is 2.52. The maximum absolute atomic E-state index is 12.3. The molecule has 0 aliphatic rings. The molecule has 0 aromatic heterocycles. The standard InChI is InChI=1S/C8H10.C7H6F2.2C2H6/c1-7-5-3-4-6-8(7)2;1-5-6(8)3-2-4-7(5)9;2*1-2/h3-6H,1-2H3;2-4H,1H3;2*1-2H3. The molecule has 2 rings (SSSR count). The Morgan fingerprint density at radius 3 is 1.14 bits per heavy atom. The van der Waals surface area contributed by atoms with Crippen LogP contribution >= 0.6 is 0 Å². The smallest absolute Gasteiger partial charge is 0.129 e. The van der Waals surface area contributed by atoms with Crippen LogP contribution in [0.25, 0.3) is 0 Å². The van der Waals surface area contributed by atoms with E-state index in [2.05, 4.69) is 38.1 Å². The lowest BCUT2D eigenvalue weighted by molar-refractivity contribution is 0.568. The van der Waals surface area contributed by atoms with Gasteiger partial charge in [0.1, 0.15) is 11.6 Å².